The lowest BCUT2D eigenvalue weighted by Crippen LogP contribution is -2.39. The quantitative estimate of drug-likeness (QED) is 0.922. The highest BCUT2D eigenvalue weighted by Crippen LogP contribution is 2.47. The molecule has 0 atom stereocenters. The van der Waals surface area contributed by atoms with Crippen molar-refractivity contribution in [2.75, 3.05) is 7.11 Å². The van der Waals surface area contributed by atoms with Crippen LogP contribution in [0.3, 0.4) is 0 Å². The molecular weight excluding hydrogens is 256 g/mol. The van der Waals surface area contributed by atoms with E-state index in [1.54, 1.807) is 7.11 Å². The summed E-state index contributed by atoms with van der Waals surface area (Å²) < 4.78 is 11.0. The molecule has 1 fully saturated rings. The van der Waals surface area contributed by atoms with Crippen LogP contribution in [0.2, 0.25) is 0 Å². The molecule has 1 N–H and O–H groups in total. The maximum absolute atomic E-state index is 12.0. The van der Waals surface area contributed by atoms with E-state index in [0.29, 0.717) is 31.8 Å². The zero-order chi connectivity index (χ0) is 14.2. The van der Waals surface area contributed by atoms with Crippen molar-refractivity contribution >= 4 is 5.97 Å². The van der Waals surface area contributed by atoms with Crippen molar-refractivity contribution in [2.24, 2.45) is 0 Å². The first-order chi connectivity index (χ1) is 9.69. The Bertz CT molecular complexity index is 530. The fraction of sp³-hybridized carbons (Fsp3) is 0.562. The highest BCUT2D eigenvalue weighted by atomic mass is 16.5. The molecule has 1 heterocycles. The normalized spacial score (nSPS) is 20.4. The third kappa shape index (κ3) is 1.90. The summed E-state index contributed by atoms with van der Waals surface area (Å²) in [4.78, 5) is 12.0. The lowest BCUT2D eigenvalue weighted by Gasteiger charge is -2.36. The predicted octanol–water partition coefficient (Wildman–Crippen LogP) is 3.01. The van der Waals surface area contributed by atoms with Crippen molar-refractivity contribution in [3.8, 4) is 5.75 Å². The maximum atomic E-state index is 12.0. The van der Waals surface area contributed by atoms with Gasteiger partial charge in [-0.1, -0.05) is 25.3 Å². The molecule has 1 aromatic rings. The maximum Gasteiger partial charge on any atom is 0.314 e. The Morgan fingerprint density at radius 2 is 2.00 bits per heavy atom. The van der Waals surface area contributed by atoms with Gasteiger partial charge in [0.2, 0.25) is 0 Å². The van der Waals surface area contributed by atoms with Crippen LogP contribution in [0, 0.1) is 0 Å². The van der Waals surface area contributed by atoms with Crippen LogP contribution in [-0.2, 0) is 28.2 Å². The summed E-state index contributed by atoms with van der Waals surface area (Å²) in [6.45, 7) is 1.07. The predicted molar refractivity (Wildman–Crippen MR) is 73.9 cm³/mol. The van der Waals surface area contributed by atoms with Gasteiger partial charge in [0.1, 0.15) is 5.75 Å². The summed E-state index contributed by atoms with van der Waals surface area (Å²) in [6, 6.07) is 3.88. The van der Waals surface area contributed by atoms with Gasteiger partial charge in [-0.05, 0) is 30.0 Å². The smallest absolute Gasteiger partial charge is 0.314 e. The van der Waals surface area contributed by atoms with Crippen molar-refractivity contribution in [3.63, 3.8) is 0 Å². The lowest BCUT2D eigenvalue weighted by atomic mass is 9.67. The van der Waals surface area contributed by atoms with Gasteiger partial charge in [0, 0.05) is 5.56 Å². The van der Waals surface area contributed by atoms with E-state index in [0.717, 1.165) is 36.0 Å². The van der Waals surface area contributed by atoms with E-state index in [9.17, 15) is 9.90 Å². The van der Waals surface area contributed by atoms with Gasteiger partial charge in [-0.15, -0.1) is 0 Å². The van der Waals surface area contributed by atoms with Gasteiger partial charge in [-0.2, -0.15) is 0 Å². The molecule has 0 spiro atoms. The van der Waals surface area contributed by atoms with Crippen molar-refractivity contribution < 1.29 is 19.4 Å². The number of hydrogen-bond donors (Lipinski definition) is 1. The Hall–Kier alpha value is -1.55. The molecule has 1 aliphatic carbocycles. The third-order valence-electron chi connectivity index (χ3n) is 4.69. The molecule has 1 aliphatic heterocycles. The number of carboxylic acids is 1. The highest BCUT2D eigenvalue weighted by molar-refractivity contribution is 5.83. The average molecular weight is 276 g/mol. The van der Waals surface area contributed by atoms with E-state index in [2.05, 4.69) is 0 Å². The molecule has 0 radical (unpaired) electrons. The summed E-state index contributed by atoms with van der Waals surface area (Å²) in [5, 5.41) is 9.90. The van der Waals surface area contributed by atoms with Crippen LogP contribution < -0.4 is 4.74 Å². The second-order valence-electron chi connectivity index (χ2n) is 5.72. The first-order valence-corrected chi connectivity index (χ1v) is 7.19. The van der Waals surface area contributed by atoms with Gasteiger partial charge in [-0.25, -0.2) is 0 Å². The molecule has 0 aromatic heterocycles. The number of benzene rings is 1. The molecule has 20 heavy (non-hydrogen) atoms. The molecule has 0 amide bonds. The monoisotopic (exact) mass is 276 g/mol. The third-order valence-corrected chi connectivity index (χ3v) is 4.69. The van der Waals surface area contributed by atoms with Crippen LogP contribution in [0.4, 0.5) is 0 Å². The van der Waals surface area contributed by atoms with Crippen molar-refractivity contribution in [1.82, 2.24) is 0 Å². The largest absolute Gasteiger partial charge is 0.496 e. The summed E-state index contributed by atoms with van der Waals surface area (Å²) in [6.07, 6.45) is 4.41. The van der Waals surface area contributed by atoms with Crippen LogP contribution in [-0.4, -0.2) is 18.2 Å². The van der Waals surface area contributed by atoms with E-state index in [4.69, 9.17) is 9.47 Å². The number of methoxy groups -OCH3 is 1. The highest BCUT2D eigenvalue weighted by Gasteiger charge is 2.45. The van der Waals surface area contributed by atoms with Crippen molar-refractivity contribution in [2.45, 2.75) is 50.7 Å². The Kier molecular flexibility index (Phi) is 3.42. The minimum atomic E-state index is -0.803. The van der Waals surface area contributed by atoms with Crippen LogP contribution in [0.5, 0.6) is 5.75 Å². The van der Waals surface area contributed by atoms with Gasteiger partial charge in [0.05, 0.1) is 25.7 Å². The Morgan fingerprint density at radius 3 is 2.65 bits per heavy atom. The number of fused-ring (bicyclic) bond motifs is 1. The van der Waals surface area contributed by atoms with Crippen LogP contribution >= 0.6 is 0 Å². The number of aliphatic carboxylic acids is 1. The zero-order valence-electron chi connectivity index (χ0n) is 11.8. The minimum absolute atomic E-state index is 0.497. The first-order valence-electron chi connectivity index (χ1n) is 7.19. The molecule has 0 bridgehead atoms. The Labute approximate surface area is 118 Å². The topological polar surface area (TPSA) is 55.8 Å². The van der Waals surface area contributed by atoms with Crippen molar-refractivity contribution in [3.05, 3.63) is 28.8 Å². The second-order valence-corrected chi connectivity index (χ2v) is 5.72. The molecule has 1 saturated carbocycles. The molecule has 2 aliphatic rings. The standard InChI is InChI=1S/C16H20O4/c1-19-13-6-5-11-9-20-10-12(11)14(13)16(15(17)18)7-3-2-4-8-16/h5-6H,2-4,7-10H2,1H3,(H,17,18). The van der Waals surface area contributed by atoms with Gasteiger partial charge in [0.25, 0.3) is 0 Å². The molecule has 4 nitrogen and oxygen atoms in total. The Balaban J connectivity index is 2.20. The molecule has 0 saturated heterocycles. The first kappa shape index (κ1) is 13.4. The van der Waals surface area contributed by atoms with E-state index < -0.39 is 11.4 Å². The van der Waals surface area contributed by atoms with Gasteiger partial charge in [0.15, 0.2) is 0 Å². The second kappa shape index (κ2) is 5.09. The summed E-state index contributed by atoms with van der Waals surface area (Å²) in [7, 11) is 1.61. The zero-order valence-corrected chi connectivity index (χ0v) is 11.8. The minimum Gasteiger partial charge on any atom is -0.496 e. The number of ether oxygens (including phenoxy) is 2. The van der Waals surface area contributed by atoms with Crippen LogP contribution in [0.1, 0.15) is 48.8 Å². The number of rotatable bonds is 3. The molecule has 108 valence electrons. The number of carboxylic acid groups (broad SMARTS) is 1. The Morgan fingerprint density at radius 1 is 1.25 bits per heavy atom. The molecule has 1 aromatic carbocycles. The van der Waals surface area contributed by atoms with E-state index in [1.165, 1.54) is 0 Å². The van der Waals surface area contributed by atoms with Gasteiger partial charge in [-0.3, -0.25) is 4.79 Å². The van der Waals surface area contributed by atoms with E-state index in [-0.39, 0.29) is 0 Å². The van der Waals surface area contributed by atoms with Crippen LogP contribution in [0.15, 0.2) is 12.1 Å². The van der Waals surface area contributed by atoms with E-state index >= 15 is 0 Å². The molecule has 3 rings (SSSR count). The van der Waals surface area contributed by atoms with Crippen LogP contribution in [0.25, 0.3) is 0 Å². The molecule has 4 heteroatoms. The average Bonchev–Trinajstić information content (AvgIpc) is 2.94. The molecular formula is C16H20O4. The van der Waals surface area contributed by atoms with E-state index in [1.807, 2.05) is 12.1 Å². The molecule has 0 unspecified atom stereocenters. The number of hydrogen-bond acceptors (Lipinski definition) is 3. The van der Waals surface area contributed by atoms with Gasteiger partial charge < -0.3 is 14.6 Å². The van der Waals surface area contributed by atoms with Gasteiger partial charge >= 0.3 is 5.97 Å². The summed E-state index contributed by atoms with van der Waals surface area (Å²) >= 11 is 0. The SMILES string of the molecule is COc1ccc2c(c1C1(C(=O)O)CCCCC1)COC2. The summed E-state index contributed by atoms with van der Waals surface area (Å²) in [5.74, 6) is -0.0330. The summed E-state index contributed by atoms with van der Waals surface area (Å²) in [5.41, 5.74) is 2.20. The lowest BCUT2D eigenvalue weighted by molar-refractivity contribution is -0.145. The van der Waals surface area contributed by atoms with Crippen molar-refractivity contribution in [1.29, 1.82) is 0 Å². The fourth-order valence-electron chi connectivity index (χ4n) is 3.65. The fourth-order valence-corrected chi connectivity index (χ4v) is 3.65. The number of carbonyl (C=O) groups is 1.